The van der Waals surface area contributed by atoms with Crippen LogP contribution >= 0.6 is 11.6 Å². The number of hydrogen-bond acceptors (Lipinski definition) is 1. The third-order valence-corrected chi connectivity index (χ3v) is 2.43. The molecule has 0 spiro atoms. The second kappa shape index (κ2) is 4.23. The van der Waals surface area contributed by atoms with Gasteiger partial charge in [-0.1, -0.05) is 38.4 Å². The van der Waals surface area contributed by atoms with Crippen LogP contribution in [0.15, 0.2) is 23.2 Å². The van der Waals surface area contributed by atoms with E-state index in [-0.39, 0.29) is 5.41 Å². The number of aryl methyl sites for hydroxylation is 1. The first kappa shape index (κ1) is 12.1. The maximum absolute atomic E-state index is 6.03. The minimum absolute atomic E-state index is 0.132. The second-order valence-corrected chi connectivity index (χ2v) is 5.11. The van der Waals surface area contributed by atoms with Crippen LogP contribution in [0.4, 0.5) is 5.69 Å². The van der Waals surface area contributed by atoms with Crippen LogP contribution in [0.3, 0.4) is 0 Å². The molecule has 0 amide bonds. The van der Waals surface area contributed by atoms with Crippen LogP contribution in [-0.4, -0.2) is 5.84 Å². The molecule has 1 aromatic carbocycles. The summed E-state index contributed by atoms with van der Waals surface area (Å²) in [6, 6.07) is 5.72. The monoisotopic (exact) mass is 224 g/mol. The van der Waals surface area contributed by atoms with Crippen LogP contribution in [0.25, 0.3) is 0 Å². The summed E-state index contributed by atoms with van der Waals surface area (Å²) in [5.41, 5.74) is 7.63. The second-order valence-electron chi connectivity index (χ2n) is 4.70. The van der Waals surface area contributed by atoms with Crippen molar-refractivity contribution in [2.45, 2.75) is 27.7 Å². The summed E-state index contributed by atoms with van der Waals surface area (Å²) in [5.74, 6) is 0.593. The Hall–Kier alpha value is -1.02. The summed E-state index contributed by atoms with van der Waals surface area (Å²) in [7, 11) is 0. The quantitative estimate of drug-likeness (QED) is 0.574. The minimum atomic E-state index is -0.132. The average molecular weight is 225 g/mol. The van der Waals surface area contributed by atoms with Gasteiger partial charge in [-0.3, -0.25) is 0 Å². The van der Waals surface area contributed by atoms with Crippen molar-refractivity contribution >= 4 is 23.1 Å². The molecule has 0 aliphatic rings. The molecule has 0 bridgehead atoms. The summed E-state index contributed by atoms with van der Waals surface area (Å²) < 4.78 is 0. The zero-order valence-electron chi connectivity index (χ0n) is 9.63. The van der Waals surface area contributed by atoms with E-state index in [4.69, 9.17) is 17.3 Å². The van der Waals surface area contributed by atoms with E-state index < -0.39 is 0 Å². The molecule has 15 heavy (non-hydrogen) atoms. The molecule has 1 aromatic rings. The van der Waals surface area contributed by atoms with Gasteiger partial charge < -0.3 is 5.73 Å². The van der Waals surface area contributed by atoms with Gasteiger partial charge in [-0.05, 0) is 24.6 Å². The van der Waals surface area contributed by atoms with Gasteiger partial charge in [0.25, 0.3) is 0 Å². The standard InChI is InChI=1S/C12H17ClN2/c1-8-5-6-9(13)10(7-8)15-11(14)12(2,3)4/h5-7H,1-4H3,(H2,14,15). The summed E-state index contributed by atoms with van der Waals surface area (Å²) in [5, 5.41) is 0.632. The number of amidine groups is 1. The zero-order chi connectivity index (χ0) is 11.6. The van der Waals surface area contributed by atoms with Crippen molar-refractivity contribution in [1.82, 2.24) is 0 Å². The van der Waals surface area contributed by atoms with Gasteiger partial charge in [0, 0.05) is 5.41 Å². The van der Waals surface area contributed by atoms with Crippen LogP contribution < -0.4 is 5.73 Å². The Bertz CT molecular complexity index is 389. The van der Waals surface area contributed by atoms with Gasteiger partial charge in [-0.25, -0.2) is 4.99 Å². The zero-order valence-corrected chi connectivity index (χ0v) is 10.4. The molecular formula is C12H17ClN2. The van der Waals surface area contributed by atoms with E-state index in [1.165, 1.54) is 0 Å². The molecule has 82 valence electrons. The molecule has 0 aliphatic carbocycles. The van der Waals surface area contributed by atoms with E-state index in [1.54, 1.807) is 0 Å². The smallest absolute Gasteiger partial charge is 0.105 e. The van der Waals surface area contributed by atoms with Crippen molar-refractivity contribution in [1.29, 1.82) is 0 Å². The Balaban J connectivity index is 3.13. The SMILES string of the molecule is Cc1ccc(Cl)c(N=C(N)C(C)(C)C)c1. The number of benzene rings is 1. The van der Waals surface area contributed by atoms with Gasteiger partial charge in [-0.2, -0.15) is 0 Å². The molecule has 1 rings (SSSR count). The Labute approximate surface area is 96.2 Å². The molecule has 0 aliphatic heterocycles. The summed E-state index contributed by atoms with van der Waals surface area (Å²) in [4.78, 5) is 4.35. The fourth-order valence-electron chi connectivity index (χ4n) is 1.01. The first-order valence-corrected chi connectivity index (χ1v) is 5.29. The van der Waals surface area contributed by atoms with Crippen molar-refractivity contribution in [2.24, 2.45) is 16.1 Å². The Kier molecular flexibility index (Phi) is 3.40. The highest BCUT2D eigenvalue weighted by Gasteiger charge is 2.15. The van der Waals surface area contributed by atoms with Crippen LogP contribution in [0.5, 0.6) is 0 Å². The number of rotatable bonds is 1. The molecule has 0 fully saturated rings. The lowest BCUT2D eigenvalue weighted by atomic mass is 9.95. The topological polar surface area (TPSA) is 38.4 Å². The molecule has 0 heterocycles. The van der Waals surface area contributed by atoms with Crippen molar-refractivity contribution in [2.75, 3.05) is 0 Å². The van der Waals surface area contributed by atoms with Crippen molar-refractivity contribution in [3.8, 4) is 0 Å². The lowest BCUT2D eigenvalue weighted by Gasteiger charge is -2.17. The number of halogens is 1. The molecule has 0 radical (unpaired) electrons. The van der Waals surface area contributed by atoms with E-state index in [9.17, 15) is 0 Å². The van der Waals surface area contributed by atoms with Crippen LogP contribution in [0, 0.1) is 12.3 Å². The Morgan fingerprint density at radius 1 is 1.33 bits per heavy atom. The van der Waals surface area contributed by atoms with E-state index in [0.29, 0.717) is 10.9 Å². The van der Waals surface area contributed by atoms with Gasteiger partial charge in [-0.15, -0.1) is 0 Å². The third-order valence-electron chi connectivity index (χ3n) is 2.11. The Morgan fingerprint density at radius 3 is 2.47 bits per heavy atom. The number of nitrogens with zero attached hydrogens (tertiary/aromatic N) is 1. The number of nitrogens with two attached hydrogens (primary N) is 1. The molecule has 0 saturated carbocycles. The van der Waals surface area contributed by atoms with Gasteiger partial charge in [0.15, 0.2) is 0 Å². The average Bonchev–Trinajstić information content (AvgIpc) is 2.09. The van der Waals surface area contributed by atoms with E-state index in [1.807, 2.05) is 45.9 Å². The molecule has 0 atom stereocenters. The normalized spacial score (nSPS) is 13.0. The predicted molar refractivity (Wildman–Crippen MR) is 66.9 cm³/mol. The fraction of sp³-hybridized carbons (Fsp3) is 0.417. The molecule has 2 N–H and O–H groups in total. The minimum Gasteiger partial charge on any atom is -0.387 e. The van der Waals surface area contributed by atoms with E-state index in [0.717, 1.165) is 11.3 Å². The highest BCUT2D eigenvalue weighted by molar-refractivity contribution is 6.33. The summed E-state index contributed by atoms with van der Waals surface area (Å²) in [6.07, 6.45) is 0. The molecule has 3 heteroatoms. The first-order valence-electron chi connectivity index (χ1n) is 4.91. The summed E-state index contributed by atoms with van der Waals surface area (Å²) in [6.45, 7) is 8.07. The van der Waals surface area contributed by atoms with Gasteiger partial charge in [0.1, 0.15) is 5.84 Å². The lowest BCUT2D eigenvalue weighted by molar-refractivity contribution is 0.585. The lowest BCUT2D eigenvalue weighted by Crippen LogP contribution is -2.28. The highest BCUT2D eigenvalue weighted by Crippen LogP contribution is 2.27. The summed E-state index contributed by atoms with van der Waals surface area (Å²) >= 11 is 6.03. The van der Waals surface area contributed by atoms with Crippen LogP contribution in [0.1, 0.15) is 26.3 Å². The van der Waals surface area contributed by atoms with Crippen LogP contribution in [-0.2, 0) is 0 Å². The number of hydrogen-bond donors (Lipinski definition) is 1. The van der Waals surface area contributed by atoms with Crippen LogP contribution in [0.2, 0.25) is 5.02 Å². The van der Waals surface area contributed by atoms with Crippen molar-refractivity contribution < 1.29 is 0 Å². The van der Waals surface area contributed by atoms with Crippen molar-refractivity contribution in [3.05, 3.63) is 28.8 Å². The maximum Gasteiger partial charge on any atom is 0.105 e. The van der Waals surface area contributed by atoms with E-state index in [2.05, 4.69) is 4.99 Å². The molecule has 0 aromatic heterocycles. The highest BCUT2D eigenvalue weighted by atomic mass is 35.5. The van der Waals surface area contributed by atoms with E-state index >= 15 is 0 Å². The molecular weight excluding hydrogens is 208 g/mol. The van der Waals surface area contributed by atoms with Gasteiger partial charge in [0.2, 0.25) is 0 Å². The molecule has 0 saturated heterocycles. The van der Waals surface area contributed by atoms with Crippen molar-refractivity contribution in [3.63, 3.8) is 0 Å². The van der Waals surface area contributed by atoms with Gasteiger partial charge >= 0.3 is 0 Å². The molecule has 2 nitrogen and oxygen atoms in total. The maximum atomic E-state index is 6.03. The Morgan fingerprint density at radius 2 is 1.93 bits per heavy atom. The first-order chi connectivity index (χ1) is 6.80. The molecule has 0 unspecified atom stereocenters. The number of aliphatic imine (C=N–C) groups is 1. The van der Waals surface area contributed by atoms with Gasteiger partial charge in [0.05, 0.1) is 10.7 Å². The fourth-order valence-corrected chi connectivity index (χ4v) is 1.17. The largest absolute Gasteiger partial charge is 0.387 e. The third kappa shape index (κ3) is 3.24. The predicted octanol–water partition coefficient (Wildman–Crippen LogP) is 3.68.